The number of hydrogen-bond acceptors (Lipinski definition) is 3. The Kier molecular flexibility index (Phi) is 5.00. The van der Waals surface area contributed by atoms with E-state index < -0.39 is 10.0 Å². The van der Waals surface area contributed by atoms with Crippen LogP contribution in [0.4, 0.5) is 0 Å². The molecule has 0 spiro atoms. The molecule has 7 heteroatoms. The van der Waals surface area contributed by atoms with Crippen molar-refractivity contribution in [3.8, 4) is 28.2 Å². The van der Waals surface area contributed by atoms with Crippen LogP contribution in [0.25, 0.3) is 28.2 Å². The van der Waals surface area contributed by atoms with Gasteiger partial charge in [-0.25, -0.2) is 18.2 Å². The van der Waals surface area contributed by atoms with E-state index in [-0.39, 0.29) is 4.90 Å². The van der Waals surface area contributed by atoms with E-state index in [2.05, 4.69) is 0 Å². The monoisotopic (exact) mass is 423 g/mol. The molecule has 1 heterocycles. The first-order chi connectivity index (χ1) is 13.8. The molecule has 0 atom stereocenters. The fourth-order valence-electron chi connectivity index (χ4n) is 3.17. The van der Waals surface area contributed by atoms with Crippen molar-refractivity contribution in [2.24, 2.45) is 5.14 Å². The number of sulfonamides is 1. The van der Waals surface area contributed by atoms with Crippen LogP contribution >= 0.6 is 11.6 Å². The minimum Gasteiger partial charge on any atom is -0.232 e. The maximum Gasteiger partial charge on any atom is 0.238 e. The van der Waals surface area contributed by atoms with Gasteiger partial charge in [0.2, 0.25) is 10.0 Å². The second kappa shape index (κ2) is 7.48. The van der Waals surface area contributed by atoms with E-state index in [0.29, 0.717) is 5.02 Å². The van der Waals surface area contributed by atoms with Crippen LogP contribution in [0.15, 0.2) is 83.8 Å². The van der Waals surface area contributed by atoms with Crippen molar-refractivity contribution >= 4 is 21.6 Å². The van der Waals surface area contributed by atoms with E-state index >= 15 is 0 Å². The summed E-state index contributed by atoms with van der Waals surface area (Å²) in [5.41, 5.74) is 5.50. The normalized spacial score (nSPS) is 11.6. The molecule has 0 aliphatic heterocycles. The first kappa shape index (κ1) is 19.4. The highest BCUT2D eigenvalue weighted by atomic mass is 35.5. The summed E-state index contributed by atoms with van der Waals surface area (Å²) in [6.07, 6.45) is 0. The third-order valence-electron chi connectivity index (χ3n) is 4.68. The summed E-state index contributed by atoms with van der Waals surface area (Å²) in [6, 6.07) is 23.9. The predicted octanol–water partition coefficient (Wildman–Crippen LogP) is 4.82. The molecule has 2 N–H and O–H groups in total. The molecule has 3 aromatic carbocycles. The second-order valence-electron chi connectivity index (χ2n) is 6.69. The van der Waals surface area contributed by atoms with E-state index in [4.69, 9.17) is 21.8 Å². The van der Waals surface area contributed by atoms with Crippen molar-refractivity contribution in [3.63, 3.8) is 0 Å². The number of nitrogens with two attached hydrogens (primary N) is 1. The van der Waals surface area contributed by atoms with Crippen molar-refractivity contribution in [3.05, 3.63) is 89.4 Å². The van der Waals surface area contributed by atoms with Crippen molar-refractivity contribution in [2.75, 3.05) is 0 Å². The number of hydrogen-bond donors (Lipinski definition) is 1. The van der Waals surface area contributed by atoms with Crippen molar-refractivity contribution < 1.29 is 8.42 Å². The van der Waals surface area contributed by atoms with Crippen LogP contribution in [-0.2, 0) is 10.0 Å². The van der Waals surface area contributed by atoms with E-state index in [1.54, 1.807) is 16.8 Å². The summed E-state index contributed by atoms with van der Waals surface area (Å²) in [6.45, 7) is 2.04. The SMILES string of the molecule is Cc1ccccc1-c1cc(-c2ccc(Cl)cc2)n(-c2ccc(S(N)(=O)=O)cc2)n1. The van der Waals surface area contributed by atoms with E-state index in [1.165, 1.54) is 12.1 Å². The lowest BCUT2D eigenvalue weighted by molar-refractivity contribution is 0.598. The molecule has 0 amide bonds. The molecule has 5 nitrogen and oxygen atoms in total. The highest BCUT2D eigenvalue weighted by Crippen LogP contribution is 2.31. The zero-order valence-corrected chi connectivity index (χ0v) is 17.2. The predicted molar refractivity (Wildman–Crippen MR) is 116 cm³/mol. The molecule has 0 aliphatic carbocycles. The molecule has 1 aromatic heterocycles. The van der Waals surface area contributed by atoms with Gasteiger partial charge in [0.15, 0.2) is 0 Å². The zero-order chi connectivity index (χ0) is 20.6. The minimum atomic E-state index is -3.76. The molecule has 4 aromatic rings. The molecule has 0 saturated carbocycles. The number of aromatic nitrogens is 2. The molecule has 4 rings (SSSR count). The zero-order valence-electron chi connectivity index (χ0n) is 15.6. The van der Waals surface area contributed by atoms with Gasteiger partial charge in [-0.2, -0.15) is 5.10 Å². The summed E-state index contributed by atoms with van der Waals surface area (Å²) in [5, 5.41) is 10.7. The summed E-state index contributed by atoms with van der Waals surface area (Å²) in [4.78, 5) is 0.0561. The van der Waals surface area contributed by atoms with Crippen LogP contribution in [0.2, 0.25) is 5.02 Å². The van der Waals surface area contributed by atoms with Crippen molar-refractivity contribution in [1.82, 2.24) is 9.78 Å². The molecule has 146 valence electrons. The highest BCUT2D eigenvalue weighted by molar-refractivity contribution is 7.89. The maximum absolute atomic E-state index is 11.6. The molecular formula is C22H18ClN3O2S. The summed E-state index contributed by atoms with van der Waals surface area (Å²) < 4.78 is 24.9. The molecule has 0 bridgehead atoms. The highest BCUT2D eigenvalue weighted by Gasteiger charge is 2.15. The van der Waals surface area contributed by atoms with E-state index in [9.17, 15) is 8.42 Å². The first-order valence-corrected chi connectivity index (χ1v) is 10.8. The molecule has 29 heavy (non-hydrogen) atoms. The molecule has 0 unspecified atom stereocenters. The molecule has 0 aliphatic rings. The second-order valence-corrected chi connectivity index (χ2v) is 8.69. The van der Waals surface area contributed by atoms with Crippen LogP contribution in [0.3, 0.4) is 0 Å². The van der Waals surface area contributed by atoms with E-state index in [0.717, 1.165) is 33.8 Å². The maximum atomic E-state index is 11.6. The Balaban J connectivity index is 1.89. The lowest BCUT2D eigenvalue weighted by Crippen LogP contribution is -2.12. The summed E-state index contributed by atoms with van der Waals surface area (Å²) in [7, 11) is -3.76. The number of nitrogens with zero attached hydrogens (tertiary/aromatic N) is 2. The number of primary sulfonamides is 1. The molecule has 0 radical (unpaired) electrons. The van der Waals surface area contributed by atoms with Gasteiger partial charge in [0, 0.05) is 16.1 Å². The Morgan fingerprint density at radius 1 is 0.931 bits per heavy atom. The third-order valence-corrected chi connectivity index (χ3v) is 5.86. The number of rotatable bonds is 4. The molecular weight excluding hydrogens is 406 g/mol. The summed E-state index contributed by atoms with van der Waals surface area (Å²) in [5.74, 6) is 0. The van der Waals surface area contributed by atoms with Crippen molar-refractivity contribution in [1.29, 1.82) is 0 Å². The van der Waals surface area contributed by atoms with Gasteiger partial charge in [-0.3, -0.25) is 0 Å². The molecule has 0 fully saturated rings. The Morgan fingerprint density at radius 3 is 2.21 bits per heavy atom. The Morgan fingerprint density at radius 2 is 1.59 bits per heavy atom. The van der Waals surface area contributed by atoms with Crippen LogP contribution in [0, 0.1) is 6.92 Å². The van der Waals surface area contributed by atoms with Gasteiger partial charge < -0.3 is 0 Å². The van der Waals surface area contributed by atoms with Gasteiger partial charge >= 0.3 is 0 Å². The van der Waals surface area contributed by atoms with Crippen LogP contribution < -0.4 is 5.14 Å². The van der Waals surface area contributed by atoms with E-state index in [1.807, 2.05) is 61.5 Å². The average molecular weight is 424 g/mol. The number of halogens is 1. The fraction of sp³-hybridized carbons (Fsp3) is 0.0455. The topological polar surface area (TPSA) is 78.0 Å². The average Bonchev–Trinajstić information content (AvgIpc) is 3.13. The van der Waals surface area contributed by atoms with Gasteiger partial charge in [-0.05, 0) is 55.0 Å². The quantitative estimate of drug-likeness (QED) is 0.511. The Bertz CT molecular complexity index is 1280. The standard InChI is InChI=1S/C22H18ClN3O2S/c1-15-4-2-3-5-20(15)21-14-22(16-6-8-17(23)9-7-16)26(25-21)18-10-12-19(13-11-18)29(24,27)28/h2-14H,1H3,(H2,24,27,28). The first-order valence-electron chi connectivity index (χ1n) is 8.88. The van der Waals surface area contributed by atoms with Gasteiger partial charge in [0.1, 0.15) is 0 Å². The Hall–Kier alpha value is -2.93. The van der Waals surface area contributed by atoms with Gasteiger partial charge in [0.05, 0.1) is 22.0 Å². The largest absolute Gasteiger partial charge is 0.238 e. The fourth-order valence-corrected chi connectivity index (χ4v) is 3.81. The van der Waals surface area contributed by atoms with Crippen LogP contribution in [0.1, 0.15) is 5.56 Å². The van der Waals surface area contributed by atoms with Crippen LogP contribution in [0.5, 0.6) is 0 Å². The number of benzene rings is 3. The van der Waals surface area contributed by atoms with Gasteiger partial charge in [-0.1, -0.05) is 48.0 Å². The lowest BCUT2D eigenvalue weighted by Gasteiger charge is -2.08. The van der Waals surface area contributed by atoms with Gasteiger partial charge in [0.25, 0.3) is 0 Å². The lowest BCUT2D eigenvalue weighted by atomic mass is 10.0. The Labute approximate surface area is 174 Å². The van der Waals surface area contributed by atoms with Crippen LogP contribution in [-0.4, -0.2) is 18.2 Å². The van der Waals surface area contributed by atoms with Crippen molar-refractivity contribution in [2.45, 2.75) is 11.8 Å². The third kappa shape index (κ3) is 3.96. The number of aryl methyl sites for hydroxylation is 1. The summed E-state index contributed by atoms with van der Waals surface area (Å²) >= 11 is 6.05. The smallest absolute Gasteiger partial charge is 0.232 e. The molecule has 0 saturated heterocycles. The van der Waals surface area contributed by atoms with Gasteiger partial charge in [-0.15, -0.1) is 0 Å². The minimum absolute atomic E-state index is 0.0561.